The van der Waals surface area contributed by atoms with E-state index >= 15 is 0 Å². The fourth-order valence-corrected chi connectivity index (χ4v) is 3.60. The Morgan fingerprint density at radius 2 is 1.76 bits per heavy atom. The van der Waals surface area contributed by atoms with Crippen LogP contribution in [0.4, 0.5) is 5.69 Å². The second-order valence-electron chi connectivity index (χ2n) is 7.71. The highest BCUT2D eigenvalue weighted by atomic mass is 16.5. The summed E-state index contributed by atoms with van der Waals surface area (Å²) in [6.45, 7) is 4.98. The molecule has 0 aliphatic heterocycles. The summed E-state index contributed by atoms with van der Waals surface area (Å²) in [4.78, 5) is 20.9. The van der Waals surface area contributed by atoms with Crippen LogP contribution in [0.3, 0.4) is 0 Å². The number of anilines is 1. The van der Waals surface area contributed by atoms with Gasteiger partial charge in [-0.1, -0.05) is 48.0 Å². The molecule has 0 unspecified atom stereocenters. The molecule has 4 aromatic rings. The molecule has 1 heterocycles. The molecule has 6 nitrogen and oxygen atoms in total. The van der Waals surface area contributed by atoms with Gasteiger partial charge in [-0.15, -0.1) is 0 Å². The van der Waals surface area contributed by atoms with Crippen molar-refractivity contribution >= 4 is 28.5 Å². The van der Waals surface area contributed by atoms with Crippen LogP contribution >= 0.6 is 0 Å². The van der Waals surface area contributed by atoms with E-state index in [1.165, 1.54) is 10.9 Å². The smallest absolute Gasteiger partial charge is 0.257 e. The highest BCUT2D eigenvalue weighted by Crippen LogP contribution is 2.23. The number of aryl methyl sites for hydroxylation is 1. The van der Waals surface area contributed by atoms with Crippen LogP contribution in [0, 0.1) is 6.92 Å². The second kappa shape index (κ2) is 10.5. The maximum absolute atomic E-state index is 12.9. The summed E-state index contributed by atoms with van der Waals surface area (Å²) in [5.41, 5.74) is 4.71. The van der Waals surface area contributed by atoms with E-state index in [9.17, 15) is 4.79 Å². The first-order chi connectivity index (χ1) is 16.1. The zero-order valence-corrected chi connectivity index (χ0v) is 18.9. The quantitative estimate of drug-likeness (QED) is 0.269. The molecular weight excluding hydrogens is 412 g/mol. The number of guanidine groups is 1. The van der Waals surface area contributed by atoms with E-state index in [0.717, 1.165) is 23.2 Å². The van der Waals surface area contributed by atoms with Crippen molar-refractivity contribution in [3.63, 3.8) is 0 Å². The summed E-state index contributed by atoms with van der Waals surface area (Å²) < 4.78 is 5.72. The monoisotopic (exact) mass is 440 g/mol. The van der Waals surface area contributed by atoms with Crippen LogP contribution in [-0.4, -0.2) is 30.0 Å². The third kappa shape index (κ3) is 5.60. The average Bonchev–Trinajstić information content (AvgIpc) is 3.24. The number of nitrogens with one attached hydrogen (secondary N) is 3. The molecule has 0 aliphatic carbocycles. The number of benzene rings is 3. The van der Waals surface area contributed by atoms with Gasteiger partial charge in [0.1, 0.15) is 5.75 Å². The van der Waals surface area contributed by atoms with Crippen molar-refractivity contribution in [3.05, 3.63) is 95.7 Å². The third-order valence-electron chi connectivity index (χ3n) is 5.31. The Kier molecular flexibility index (Phi) is 7.05. The van der Waals surface area contributed by atoms with Gasteiger partial charge in [-0.25, -0.2) is 0 Å². The zero-order chi connectivity index (χ0) is 23.0. The molecular formula is C27H28N4O2. The van der Waals surface area contributed by atoms with Gasteiger partial charge in [0.15, 0.2) is 0 Å². The lowest BCUT2D eigenvalue weighted by Gasteiger charge is -2.15. The molecule has 0 radical (unpaired) electrons. The number of fused-ring (bicyclic) bond motifs is 1. The standard InChI is InChI=1S/C27H28N4O2/c1-3-33-25-11-7-6-10-24(25)30-27(31-26(32)20-14-12-19(2)13-15-20)28-17-16-21-18-29-23-9-5-4-8-22(21)23/h4-15,18,29H,3,16-17H2,1-2H3,(H2,28,30,31,32). The van der Waals surface area contributed by atoms with Crippen molar-refractivity contribution in [1.82, 2.24) is 10.3 Å². The first-order valence-electron chi connectivity index (χ1n) is 11.1. The van der Waals surface area contributed by atoms with Gasteiger partial charge in [0.05, 0.1) is 12.3 Å². The topological polar surface area (TPSA) is 78.5 Å². The number of hydrogen-bond acceptors (Lipinski definition) is 3. The number of nitrogens with zero attached hydrogens (tertiary/aromatic N) is 1. The number of amides is 1. The van der Waals surface area contributed by atoms with E-state index in [4.69, 9.17) is 4.74 Å². The van der Waals surface area contributed by atoms with Crippen LogP contribution in [0.15, 0.2) is 84.0 Å². The van der Waals surface area contributed by atoms with Crippen molar-refractivity contribution in [2.24, 2.45) is 4.99 Å². The van der Waals surface area contributed by atoms with Crippen molar-refractivity contribution in [2.45, 2.75) is 20.3 Å². The summed E-state index contributed by atoms with van der Waals surface area (Å²) in [5, 5.41) is 7.36. The van der Waals surface area contributed by atoms with E-state index in [1.807, 2.05) is 80.7 Å². The lowest BCUT2D eigenvalue weighted by Crippen LogP contribution is -2.36. The zero-order valence-electron chi connectivity index (χ0n) is 18.9. The van der Waals surface area contributed by atoms with Crippen LogP contribution in [-0.2, 0) is 6.42 Å². The van der Waals surface area contributed by atoms with Crippen molar-refractivity contribution in [2.75, 3.05) is 18.5 Å². The minimum Gasteiger partial charge on any atom is -0.492 e. The molecule has 1 amide bonds. The van der Waals surface area contributed by atoms with Crippen molar-refractivity contribution < 1.29 is 9.53 Å². The van der Waals surface area contributed by atoms with Crippen molar-refractivity contribution in [1.29, 1.82) is 0 Å². The number of aliphatic imine (C=N–C) groups is 1. The predicted octanol–water partition coefficient (Wildman–Crippen LogP) is 5.32. The molecule has 4 rings (SSSR count). The van der Waals surface area contributed by atoms with Gasteiger partial charge in [0, 0.05) is 29.2 Å². The maximum atomic E-state index is 12.9. The molecule has 0 atom stereocenters. The fraction of sp³-hybridized carbons (Fsp3) is 0.185. The molecule has 0 saturated heterocycles. The lowest BCUT2D eigenvalue weighted by molar-refractivity contribution is 0.0977. The molecule has 1 aromatic heterocycles. The van der Waals surface area contributed by atoms with Crippen LogP contribution in [0.2, 0.25) is 0 Å². The number of ether oxygens (including phenoxy) is 1. The molecule has 0 aliphatic rings. The minimum absolute atomic E-state index is 0.220. The van der Waals surface area contributed by atoms with E-state index in [1.54, 1.807) is 0 Å². The first kappa shape index (κ1) is 22.1. The number of aromatic nitrogens is 1. The molecule has 3 aromatic carbocycles. The van der Waals surface area contributed by atoms with Gasteiger partial charge in [0.25, 0.3) is 5.91 Å². The molecule has 0 spiro atoms. The van der Waals surface area contributed by atoms with Gasteiger partial charge in [-0.2, -0.15) is 0 Å². The van der Waals surface area contributed by atoms with Gasteiger partial charge in [-0.05, 0) is 56.2 Å². The van der Waals surface area contributed by atoms with Crippen molar-refractivity contribution in [3.8, 4) is 5.75 Å². The van der Waals surface area contributed by atoms with Crippen LogP contribution in [0.1, 0.15) is 28.4 Å². The number of rotatable bonds is 7. The van der Waals surface area contributed by atoms with E-state index in [-0.39, 0.29) is 5.91 Å². The summed E-state index contributed by atoms with van der Waals surface area (Å²) >= 11 is 0. The highest BCUT2D eigenvalue weighted by Gasteiger charge is 2.12. The van der Waals surface area contributed by atoms with Gasteiger partial charge >= 0.3 is 0 Å². The SMILES string of the molecule is CCOc1ccccc1NC(=NCCc1c[nH]c2ccccc12)NC(=O)c1ccc(C)cc1. The molecule has 0 bridgehead atoms. The van der Waals surface area contributed by atoms with Gasteiger partial charge < -0.3 is 15.0 Å². The summed E-state index contributed by atoms with van der Waals surface area (Å²) in [7, 11) is 0. The Labute approximate surface area is 193 Å². The molecule has 3 N–H and O–H groups in total. The minimum atomic E-state index is -0.220. The Bertz CT molecular complexity index is 1260. The van der Waals surface area contributed by atoms with Gasteiger partial charge in [0.2, 0.25) is 5.96 Å². The predicted molar refractivity (Wildman–Crippen MR) is 134 cm³/mol. The molecule has 0 saturated carbocycles. The number of carbonyl (C=O) groups excluding carboxylic acids is 1. The molecule has 168 valence electrons. The van der Waals surface area contributed by atoms with E-state index in [2.05, 4.69) is 32.7 Å². The van der Waals surface area contributed by atoms with Crippen LogP contribution in [0.25, 0.3) is 10.9 Å². The summed E-state index contributed by atoms with van der Waals surface area (Å²) in [5.74, 6) is 0.865. The Morgan fingerprint density at radius 1 is 1.00 bits per heavy atom. The first-order valence-corrected chi connectivity index (χ1v) is 11.1. The van der Waals surface area contributed by atoms with Crippen LogP contribution < -0.4 is 15.4 Å². The average molecular weight is 441 g/mol. The number of hydrogen-bond donors (Lipinski definition) is 3. The largest absolute Gasteiger partial charge is 0.492 e. The third-order valence-corrected chi connectivity index (χ3v) is 5.31. The van der Waals surface area contributed by atoms with E-state index in [0.29, 0.717) is 30.4 Å². The Balaban J connectivity index is 1.54. The normalized spacial score (nSPS) is 11.4. The maximum Gasteiger partial charge on any atom is 0.257 e. The van der Waals surface area contributed by atoms with Crippen LogP contribution in [0.5, 0.6) is 5.75 Å². The summed E-state index contributed by atoms with van der Waals surface area (Å²) in [6, 6.07) is 23.3. The second-order valence-corrected chi connectivity index (χ2v) is 7.71. The summed E-state index contributed by atoms with van der Waals surface area (Å²) in [6.07, 6.45) is 2.76. The number of aromatic amines is 1. The Hall–Kier alpha value is -4.06. The lowest BCUT2D eigenvalue weighted by atomic mass is 10.1. The number of para-hydroxylation sites is 3. The molecule has 6 heteroatoms. The fourth-order valence-electron chi connectivity index (χ4n) is 3.60. The Morgan fingerprint density at radius 3 is 2.58 bits per heavy atom. The molecule has 0 fully saturated rings. The number of carbonyl (C=O) groups is 1. The van der Waals surface area contributed by atoms with E-state index < -0.39 is 0 Å². The number of H-pyrrole nitrogens is 1. The van der Waals surface area contributed by atoms with Gasteiger partial charge in [-0.3, -0.25) is 15.1 Å². The molecule has 33 heavy (non-hydrogen) atoms. The highest BCUT2D eigenvalue weighted by molar-refractivity contribution is 6.10.